The maximum atomic E-state index is 12.8. The fraction of sp³-hybridized carbons (Fsp3) is 0.263. The van der Waals surface area contributed by atoms with Gasteiger partial charge in [-0.3, -0.25) is 0 Å². The second-order valence-electron chi connectivity index (χ2n) is 5.90. The molecule has 0 spiro atoms. The Bertz CT molecular complexity index is 796. The van der Waals surface area contributed by atoms with Gasteiger partial charge >= 0.3 is 10.2 Å². The van der Waals surface area contributed by atoms with E-state index in [2.05, 4.69) is 18.8 Å². The summed E-state index contributed by atoms with van der Waals surface area (Å²) < 4.78 is 64.1. The summed E-state index contributed by atoms with van der Waals surface area (Å²) in [5.41, 5.74) is 1.69. The van der Waals surface area contributed by atoms with Crippen molar-refractivity contribution >= 4 is 10.2 Å². The Kier molecular flexibility index (Phi) is 4.93. The van der Waals surface area contributed by atoms with E-state index in [4.69, 9.17) is 0 Å². The third-order valence-corrected chi connectivity index (χ3v) is 4.80. The van der Waals surface area contributed by atoms with Crippen LogP contribution in [0.1, 0.15) is 42.9 Å². The molecule has 0 nitrogen and oxygen atoms in total. The van der Waals surface area contributed by atoms with E-state index in [1.165, 1.54) is 11.6 Å². The van der Waals surface area contributed by atoms with Gasteiger partial charge in [-0.1, -0.05) is 69.2 Å². The topological polar surface area (TPSA) is 0 Å². The smallest absolute Gasteiger partial charge is 0.0936 e. The Morgan fingerprint density at radius 1 is 0.800 bits per heavy atom. The van der Waals surface area contributed by atoms with Crippen molar-refractivity contribution in [2.24, 2.45) is 0 Å². The lowest BCUT2D eigenvalue weighted by molar-refractivity contribution is 0.364. The molecule has 2 aromatic rings. The summed E-state index contributed by atoms with van der Waals surface area (Å²) in [6.45, 7) is 2.13. The maximum absolute atomic E-state index is 12.8. The number of unbranched alkanes of at least 4 members (excludes halogenated alkanes) is 2. The minimum absolute atomic E-state index is 0.0993. The molecule has 0 bridgehead atoms. The van der Waals surface area contributed by atoms with Crippen LogP contribution in [-0.2, 0) is 6.42 Å². The first-order chi connectivity index (χ1) is 11.5. The summed E-state index contributed by atoms with van der Waals surface area (Å²) in [5, 5.41) is 0. The van der Waals surface area contributed by atoms with Gasteiger partial charge in [0.1, 0.15) is 4.90 Å². The fourth-order valence-corrected chi connectivity index (χ4v) is 2.98. The molecule has 0 aliphatic carbocycles. The maximum Gasteiger partial charge on any atom is 0.310 e. The minimum Gasteiger partial charge on any atom is -0.0936 e. The molecule has 0 N–H and O–H groups in total. The summed E-state index contributed by atoms with van der Waals surface area (Å²) >= 11 is 0. The van der Waals surface area contributed by atoms with Crippen molar-refractivity contribution in [1.82, 2.24) is 0 Å². The molecule has 2 aromatic carbocycles. The molecule has 0 heterocycles. The molecule has 0 aliphatic heterocycles. The van der Waals surface area contributed by atoms with Crippen molar-refractivity contribution in [3.8, 4) is 11.8 Å². The molecule has 0 radical (unpaired) electrons. The monoisotopic (exact) mass is 374 g/mol. The summed E-state index contributed by atoms with van der Waals surface area (Å²) in [6, 6.07) is 10.4. The Morgan fingerprint density at radius 2 is 1.44 bits per heavy atom. The van der Waals surface area contributed by atoms with E-state index in [1.54, 1.807) is 12.1 Å². The average Bonchev–Trinajstić information content (AvgIpc) is 2.53. The lowest BCUT2D eigenvalue weighted by Gasteiger charge is -2.40. The van der Waals surface area contributed by atoms with Crippen LogP contribution in [0.5, 0.6) is 0 Å². The SMILES string of the molecule is CCCCCc1ccc(C#Cc2cccc(S(F)(F)(F)(F)F)c2)cc1. The molecule has 6 heteroatoms. The van der Waals surface area contributed by atoms with Crippen LogP contribution in [-0.4, -0.2) is 0 Å². The van der Waals surface area contributed by atoms with Crippen LogP contribution in [0.25, 0.3) is 0 Å². The first-order valence-corrected chi connectivity index (χ1v) is 9.88. The van der Waals surface area contributed by atoms with E-state index in [0.717, 1.165) is 31.7 Å². The Hall–Kier alpha value is -2.00. The largest absolute Gasteiger partial charge is 0.310 e. The molecule has 136 valence electrons. The highest BCUT2D eigenvalue weighted by Gasteiger charge is 2.65. The third kappa shape index (κ3) is 6.09. The standard InChI is InChI=1S/C19H19F5S/c1-2-3-4-6-16-9-11-17(12-10-16)13-14-18-7-5-8-19(15-18)25(20,21,22,23)24/h5,7-12,15H,2-4,6H2,1H3. The predicted molar refractivity (Wildman–Crippen MR) is 93.5 cm³/mol. The number of hydrogen-bond acceptors (Lipinski definition) is 0. The minimum atomic E-state index is -9.67. The predicted octanol–water partition coefficient (Wildman–Crippen LogP) is 7.48. The zero-order valence-electron chi connectivity index (χ0n) is 13.7. The van der Waals surface area contributed by atoms with Crippen molar-refractivity contribution in [2.45, 2.75) is 37.5 Å². The van der Waals surface area contributed by atoms with E-state index in [-0.39, 0.29) is 5.56 Å². The Balaban J connectivity index is 2.17. The third-order valence-electron chi connectivity index (χ3n) is 3.65. The Labute approximate surface area is 144 Å². The lowest BCUT2D eigenvalue weighted by Crippen LogP contribution is -2.05. The summed E-state index contributed by atoms with van der Waals surface area (Å²) in [7, 11) is -9.67. The molecular formula is C19H19F5S. The molecule has 25 heavy (non-hydrogen) atoms. The molecule has 0 saturated carbocycles. The first kappa shape index (κ1) is 19.3. The van der Waals surface area contributed by atoms with Gasteiger partial charge in [-0.15, -0.1) is 0 Å². The highest BCUT2D eigenvalue weighted by atomic mass is 32.5. The first-order valence-electron chi connectivity index (χ1n) is 7.93. The van der Waals surface area contributed by atoms with Gasteiger partial charge in [0.25, 0.3) is 0 Å². The van der Waals surface area contributed by atoms with Gasteiger partial charge in [0.15, 0.2) is 0 Å². The second-order valence-corrected chi connectivity index (χ2v) is 8.31. The molecule has 0 fully saturated rings. The van der Waals surface area contributed by atoms with Gasteiger partial charge in [0.2, 0.25) is 0 Å². The number of halogens is 5. The molecule has 0 saturated heterocycles. The van der Waals surface area contributed by atoms with E-state index < -0.39 is 15.1 Å². The van der Waals surface area contributed by atoms with Gasteiger partial charge in [0, 0.05) is 11.1 Å². The van der Waals surface area contributed by atoms with Crippen LogP contribution in [0.3, 0.4) is 0 Å². The molecule has 0 amide bonds. The van der Waals surface area contributed by atoms with Crippen molar-refractivity contribution in [3.63, 3.8) is 0 Å². The van der Waals surface area contributed by atoms with Crippen LogP contribution >= 0.6 is 10.2 Å². The second kappa shape index (κ2) is 6.38. The van der Waals surface area contributed by atoms with Crippen molar-refractivity contribution in [3.05, 3.63) is 65.2 Å². The van der Waals surface area contributed by atoms with Crippen molar-refractivity contribution in [1.29, 1.82) is 0 Å². The van der Waals surface area contributed by atoms with Crippen LogP contribution in [0.15, 0.2) is 53.4 Å². The van der Waals surface area contributed by atoms with E-state index in [0.29, 0.717) is 17.7 Å². The van der Waals surface area contributed by atoms with E-state index in [9.17, 15) is 19.4 Å². The average molecular weight is 374 g/mol. The highest BCUT2D eigenvalue weighted by Crippen LogP contribution is 3.02. The van der Waals surface area contributed by atoms with Crippen LogP contribution < -0.4 is 0 Å². The van der Waals surface area contributed by atoms with Crippen LogP contribution in [0.4, 0.5) is 19.4 Å². The zero-order chi connectivity index (χ0) is 18.6. The van der Waals surface area contributed by atoms with Gasteiger partial charge in [-0.05, 0) is 48.7 Å². The number of benzene rings is 2. The fourth-order valence-electron chi connectivity index (χ4n) is 2.29. The van der Waals surface area contributed by atoms with Crippen molar-refractivity contribution < 1.29 is 19.4 Å². The quantitative estimate of drug-likeness (QED) is 0.289. The number of hydrogen-bond donors (Lipinski definition) is 0. The Morgan fingerprint density at radius 3 is 2.04 bits per heavy atom. The summed E-state index contributed by atoms with van der Waals surface area (Å²) in [5.74, 6) is 5.23. The van der Waals surface area contributed by atoms with Crippen LogP contribution in [0, 0.1) is 11.8 Å². The summed E-state index contributed by atoms with van der Waals surface area (Å²) in [6.07, 6.45) is 4.36. The molecule has 2 rings (SSSR count). The van der Waals surface area contributed by atoms with Crippen molar-refractivity contribution in [2.75, 3.05) is 0 Å². The summed E-state index contributed by atoms with van der Waals surface area (Å²) in [4.78, 5) is -1.92. The van der Waals surface area contributed by atoms with Gasteiger partial charge in [0.05, 0.1) is 0 Å². The van der Waals surface area contributed by atoms with E-state index >= 15 is 0 Å². The van der Waals surface area contributed by atoms with Gasteiger partial charge in [-0.25, -0.2) is 0 Å². The van der Waals surface area contributed by atoms with Gasteiger partial charge in [-0.2, -0.15) is 0 Å². The normalized spacial score (nSPS) is 14.2. The van der Waals surface area contributed by atoms with Crippen LogP contribution in [0.2, 0.25) is 0 Å². The molecule has 0 aliphatic rings. The lowest BCUT2D eigenvalue weighted by atomic mass is 10.1. The number of rotatable bonds is 5. The van der Waals surface area contributed by atoms with E-state index in [1.807, 2.05) is 12.1 Å². The molecule has 0 aromatic heterocycles. The molecule has 0 atom stereocenters. The molecule has 0 unspecified atom stereocenters. The zero-order valence-corrected chi connectivity index (χ0v) is 14.6. The molecular weight excluding hydrogens is 355 g/mol. The van der Waals surface area contributed by atoms with Gasteiger partial charge < -0.3 is 0 Å². The highest BCUT2D eigenvalue weighted by molar-refractivity contribution is 8.45. The number of aryl methyl sites for hydroxylation is 1.